The average Bonchev–Trinajstić information content (AvgIpc) is 2.24. The molecule has 1 aliphatic heterocycles. The van der Waals surface area contributed by atoms with Gasteiger partial charge in [0.15, 0.2) is 0 Å². The Labute approximate surface area is 98.6 Å². The van der Waals surface area contributed by atoms with Gasteiger partial charge in [-0.2, -0.15) is 0 Å². The highest BCUT2D eigenvalue weighted by Gasteiger charge is 2.39. The van der Waals surface area contributed by atoms with Crippen LogP contribution in [0.2, 0.25) is 0 Å². The van der Waals surface area contributed by atoms with E-state index in [-0.39, 0.29) is 5.69 Å². The Kier molecular flexibility index (Phi) is 2.66. The Morgan fingerprint density at radius 2 is 2.18 bits per heavy atom. The topological polar surface area (TPSA) is 75.8 Å². The van der Waals surface area contributed by atoms with Gasteiger partial charge in [-0.05, 0) is 19.1 Å². The predicted molar refractivity (Wildman–Crippen MR) is 62.5 cm³/mol. The van der Waals surface area contributed by atoms with Crippen molar-refractivity contribution in [2.45, 2.75) is 12.5 Å². The van der Waals surface area contributed by atoms with Crippen LogP contribution in [0.15, 0.2) is 18.2 Å². The fraction of sp³-hybridized carbons (Fsp3) is 0.455. The van der Waals surface area contributed by atoms with Crippen molar-refractivity contribution in [1.82, 2.24) is 0 Å². The largest absolute Gasteiger partial charge is 0.496 e. The molecule has 0 aliphatic carbocycles. The summed E-state index contributed by atoms with van der Waals surface area (Å²) in [6, 6.07) is 4.71. The van der Waals surface area contributed by atoms with Crippen LogP contribution in [0, 0.1) is 10.1 Å². The maximum atomic E-state index is 11.0. The molecule has 2 rings (SSSR count). The van der Waals surface area contributed by atoms with E-state index >= 15 is 0 Å². The van der Waals surface area contributed by atoms with Crippen molar-refractivity contribution in [3.63, 3.8) is 0 Å². The summed E-state index contributed by atoms with van der Waals surface area (Å²) in [5, 5.41) is 20.6. The molecule has 1 aromatic carbocycles. The van der Waals surface area contributed by atoms with Crippen molar-refractivity contribution in [2.75, 3.05) is 25.1 Å². The second-order valence-electron chi connectivity index (χ2n) is 4.46. The molecule has 0 bridgehead atoms. The second kappa shape index (κ2) is 3.89. The Bertz CT molecular complexity index is 451. The predicted octanol–water partition coefficient (Wildman–Crippen LogP) is 1.17. The Balaban J connectivity index is 2.31. The number of nitrogens with zero attached hydrogens (tertiary/aromatic N) is 2. The van der Waals surface area contributed by atoms with Crippen LogP contribution in [0.1, 0.15) is 6.92 Å². The van der Waals surface area contributed by atoms with E-state index in [1.165, 1.54) is 13.2 Å². The van der Waals surface area contributed by atoms with Gasteiger partial charge in [0.2, 0.25) is 0 Å². The van der Waals surface area contributed by atoms with E-state index < -0.39 is 10.5 Å². The van der Waals surface area contributed by atoms with Crippen molar-refractivity contribution >= 4 is 11.4 Å². The maximum Gasteiger partial charge on any atom is 0.296 e. The standard InChI is InChI=1S/C11H14N2O4/c1-11(14)6-12(7-11)9-4-3-8(17-2)5-10(9)13(15)16/h3-5,14H,6-7H2,1-2H3. The number of β-amino-alcohol motifs (C(OH)–C–C–N with tert-alkyl or cyclic N) is 1. The number of rotatable bonds is 3. The zero-order valence-corrected chi connectivity index (χ0v) is 9.71. The zero-order valence-electron chi connectivity index (χ0n) is 9.71. The van der Waals surface area contributed by atoms with Crippen molar-refractivity contribution in [3.8, 4) is 5.75 Å². The highest BCUT2D eigenvalue weighted by Crippen LogP contribution is 2.36. The fourth-order valence-corrected chi connectivity index (χ4v) is 1.99. The molecule has 1 saturated heterocycles. The van der Waals surface area contributed by atoms with Crippen molar-refractivity contribution in [2.24, 2.45) is 0 Å². The lowest BCUT2D eigenvalue weighted by Crippen LogP contribution is -2.60. The van der Waals surface area contributed by atoms with E-state index in [4.69, 9.17) is 4.74 Å². The van der Waals surface area contributed by atoms with Crippen LogP contribution in [0.25, 0.3) is 0 Å². The molecule has 6 heteroatoms. The molecular formula is C11H14N2O4. The van der Waals surface area contributed by atoms with Gasteiger partial charge in [0, 0.05) is 13.1 Å². The summed E-state index contributed by atoms with van der Waals surface area (Å²) in [5.41, 5.74) is -0.240. The number of ether oxygens (including phenoxy) is 1. The highest BCUT2D eigenvalue weighted by atomic mass is 16.6. The van der Waals surface area contributed by atoms with Crippen molar-refractivity contribution in [1.29, 1.82) is 0 Å². The first-order valence-electron chi connectivity index (χ1n) is 5.23. The zero-order chi connectivity index (χ0) is 12.6. The number of nitro groups is 1. The van der Waals surface area contributed by atoms with Crippen molar-refractivity contribution in [3.05, 3.63) is 28.3 Å². The molecule has 6 nitrogen and oxygen atoms in total. The van der Waals surface area contributed by atoms with Gasteiger partial charge in [-0.1, -0.05) is 0 Å². The van der Waals surface area contributed by atoms with Crippen LogP contribution in [-0.2, 0) is 0 Å². The third kappa shape index (κ3) is 2.16. The van der Waals surface area contributed by atoms with Crippen LogP contribution in [0.5, 0.6) is 5.75 Å². The van der Waals surface area contributed by atoms with E-state index in [1.807, 2.05) is 0 Å². The number of hydrogen-bond donors (Lipinski definition) is 1. The summed E-state index contributed by atoms with van der Waals surface area (Å²) in [6.45, 7) is 2.51. The average molecular weight is 238 g/mol. The molecule has 92 valence electrons. The van der Waals surface area contributed by atoms with E-state index in [0.717, 1.165) is 0 Å². The summed E-state index contributed by atoms with van der Waals surface area (Å²) >= 11 is 0. The van der Waals surface area contributed by atoms with Crippen LogP contribution in [0.4, 0.5) is 11.4 Å². The highest BCUT2D eigenvalue weighted by molar-refractivity contribution is 5.67. The lowest BCUT2D eigenvalue weighted by atomic mass is 9.96. The fourth-order valence-electron chi connectivity index (χ4n) is 1.99. The molecule has 0 amide bonds. The lowest BCUT2D eigenvalue weighted by molar-refractivity contribution is -0.384. The number of aliphatic hydroxyl groups is 1. The smallest absolute Gasteiger partial charge is 0.296 e. The number of methoxy groups -OCH3 is 1. The van der Waals surface area contributed by atoms with E-state index in [2.05, 4.69) is 0 Å². The molecule has 1 heterocycles. The van der Waals surface area contributed by atoms with Crippen LogP contribution in [0.3, 0.4) is 0 Å². The second-order valence-corrected chi connectivity index (χ2v) is 4.46. The van der Waals surface area contributed by atoms with Crippen molar-refractivity contribution < 1.29 is 14.8 Å². The van der Waals surface area contributed by atoms with Gasteiger partial charge in [0.1, 0.15) is 11.4 Å². The number of hydrogen-bond acceptors (Lipinski definition) is 5. The van der Waals surface area contributed by atoms with Gasteiger partial charge >= 0.3 is 0 Å². The molecule has 0 radical (unpaired) electrons. The first-order valence-corrected chi connectivity index (χ1v) is 5.23. The molecule has 0 spiro atoms. The van der Waals surface area contributed by atoms with E-state index in [0.29, 0.717) is 24.5 Å². The first kappa shape index (κ1) is 11.7. The van der Waals surface area contributed by atoms with Gasteiger partial charge in [-0.25, -0.2) is 0 Å². The molecule has 1 fully saturated rings. The minimum Gasteiger partial charge on any atom is -0.496 e. The van der Waals surface area contributed by atoms with Crippen LogP contribution in [-0.4, -0.2) is 35.8 Å². The molecule has 17 heavy (non-hydrogen) atoms. The number of anilines is 1. The SMILES string of the molecule is COc1ccc(N2CC(C)(O)C2)c([N+](=O)[O-])c1. The van der Waals surface area contributed by atoms with Gasteiger partial charge < -0.3 is 14.7 Å². The summed E-state index contributed by atoms with van der Waals surface area (Å²) in [5.74, 6) is 0.452. The summed E-state index contributed by atoms with van der Waals surface area (Å²) in [7, 11) is 1.47. The van der Waals surface area contributed by atoms with Gasteiger partial charge in [-0.3, -0.25) is 10.1 Å². The molecule has 0 atom stereocenters. The number of benzene rings is 1. The Morgan fingerprint density at radius 1 is 1.53 bits per heavy atom. The van der Waals surface area contributed by atoms with Crippen LogP contribution >= 0.6 is 0 Å². The Hall–Kier alpha value is -1.82. The summed E-state index contributed by atoms with van der Waals surface area (Å²) < 4.78 is 4.96. The third-order valence-electron chi connectivity index (χ3n) is 2.78. The maximum absolute atomic E-state index is 11.0. The summed E-state index contributed by atoms with van der Waals surface area (Å²) in [6.07, 6.45) is 0. The minimum absolute atomic E-state index is 0.000139. The Morgan fingerprint density at radius 3 is 2.65 bits per heavy atom. The molecule has 1 N–H and O–H groups in total. The third-order valence-corrected chi connectivity index (χ3v) is 2.78. The van der Waals surface area contributed by atoms with E-state index in [1.54, 1.807) is 24.0 Å². The molecule has 0 unspecified atom stereocenters. The molecule has 1 aliphatic rings. The molecule has 1 aromatic rings. The minimum atomic E-state index is -0.756. The molecule has 0 aromatic heterocycles. The lowest BCUT2D eigenvalue weighted by Gasteiger charge is -2.45. The first-order chi connectivity index (χ1) is 7.93. The summed E-state index contributed by atoms with van der Waals surface area (Å²) in [4.78, 5) is 12.3. The van der Waals surface area contributed by atoms with Gasteiger partial charge in [0.25, 0.3) is 5.69 Å². The van der Waals surface area contributed by atoms with Gasteiger partial charge in [-0.15, -0.1) is 0 Å². The quantitative estimate of drug-likeness (QED) is 0.632. The van der Waals surface area contributed by atoms with Gasteiger partial charge in [0.05, 0.1) is 23.7 Å². The van der Waals surface area contributed by atoms with E-state index in [9.17, 15) is 15.2 Å². The normalized spacial score (nSPS) is 17.5. The number of nitro benzene ring substituents is 1. The van der Waals surface area contributed by atoms with Crippen LogP contribution < -0.4 is 9.64 Å². The molecular weight excluding hydrogens is 224 g/mol. The molecule has 0 saturated carbocycles. The monoisotopic (exact) mass is 238 g/mol.